The number of halogens is 4. The number of carbonyl (C=O) groups is 2. The fourth-order valence-electron chi connectivity index (χ4n) is 3.61. The Labute approximate surface area is 190 Å². The van der Waals surface area contributed by atoms with Crippen LogP contribution in [0.25, 0.3) is 0 Å². The highest BCUT2D eigenvalue weighted by atomic mass is 35.5. The van der Waals surface area contributed by atoms with Crippen LogP contribution in [0.2, 0.25) is 5.02 Å². The van der Waals surface area contributed by atoms with Crippen LogP contribution < -0.4 is 10.0 Å². The Balaban J connectivity index is 2.25. The minimum atomic E-state index is -4.65. The molecule has 1 aromatic carbocycles. The zero-order valence-electron chi connectivity index (χ0n) is 18.2. The van der Waals surface area contributed by atoms with Crippen LogP contribution in [0.1, 0.15) is 63.5 Å². The number of piperidine rings is 1. The lowest BCUT2D eigenvalue weighted by Crippen LogP contribution is -2.54. The molecule has 0 spiro atoms. The second-order valence-corrected chi connectivity index (χ2v) is 10.7. The molecule has 0 bridgehead atoms. The van der Waals surface area contributed by atoms with Gasteiger partial charge in [-0.25, -0.2) is 17.9 Å². The van der Waals surface area contributed by atoms with Crippen LogP contribution in [0.5, 0.6) is 0 Å². The van der Waals surface area contributed by atoms with Crippen LogP contribution in [0, 0.1) is 0 Å². The Kier molecular flexibility index (Phi) is 8.09. The lowest BCUT2D eigenvalue weighted by Gasteiger charge is -2.32. The van der Waals surface area contributed by atoms with Gasteiger partial charge in [-0.05, 0) is 47.9 Å². The van der Waals surface area contributed by atoms with Gasteiger partial charge < -0.3 is 10.2 Å². The summed E-state index contributed by atoms with van der Waals surface area (Å²) in [5.41, 5.74) is 1.79. The summed E-state index contributed by atoms with van der Waals surface area (Å²) in [5.74, 6) is -1.27. The minimum absolute atomic E-state index is 0.0473. The number of alkyl halides is 3. The van der Waals surface area contributed by atoms with Crippen LogP contribution >= 0.6 is 11.6 Å². The molecule has 1 aliphatic rings. The Bertz CT molecular complexity index is 952. The number of sulfonamides is 1. The number of amides is 3. The second-order valence-electron chi connectivity index (χ2n) is 8.38. The molecular weight excluding hydrogens is 471 g/mol. The number of hydrogen-bond donors (Lipinski definition) is 2. The van der Waals surface area contributed by atoms with Crippen molar-refractivity contribution in [2.45, 2.75) is 63.8 Å². The molecule has 1 fully saturated rings. The molecule has 2 N–H and O–H groups in total. The summed E-state index contributed by atoms with van der Waals surface area (Å²) in [6.45, 7) is 5.79. The van der Waals surface area contributed by atoms with Gasteiger partial charge in [0.05, 0.1) is 0 Å². The molecule has 0 aromatic heterocycles. The van der Waals surface area contributed by atoms with Gasteiger partial charge in [-0.15, -0.1) is 0 Å². The molecule has 1 atom stereocenters. The van der Waals surface area contributed by atoms with Crippen LogP contribution in [-0.2, 0) is 14.8 Å². The van der Waals surface area contributed by atoms with Gasteiger partial charge >= 0.3 is 12.2 Å². The van der Waals surface area contributed by atoms with Gasteiger partial charge in [0, 0.05) is 17.3 Å². The van der Waals surface area contributed by atoms with Crippen molar-refractivity contribution in [3.05, 3.63) is 28.3 Å². The van der Waals surface area contributed by atoms with Gasteiger partial charge in [-0.3, -0.25) is 4.79 Å². The first-order valence-electron chi connectivity index (χ1n) is 10.1. The lowest BCUT2D eigenvalue weighted by atomic mass is 9.92. The monoisotopic (exact) mass is 497 g/mol. The van der Waals surface area contributed by atoms with E-state index in [0.717, 1.165) is 0 Å². The van der Waals surface area contributed by atoms with E-state index in [4.69, 9.17) is 11.6 Å². The van der Waals surface area contributed by atoms with E-state index in [2.05, 4.69) is 5.32 Å². The Morgan fingerprint density at radius 2 is 1.72 bits per heavy atom. The number of likely N-dealkylation sites (tertiary alicyclic amines) is 1. The number of nitrogens with one attached hydrogen (secondary N) is 2. The molecule has 12 heteroatoms. The fraction of sp³-hybridized carbons (Fsp3) is 0.600. The van der Waals surface area contributed by atoms with Crippen molar-refractivity contribution in [3.8, 4) is 0 Å². The maximum atomic E-state index is 12.7. The van der Waals surface area contributed by atoms with Crippen molar-refractivity contribution < 1.29 is 31.2 Å². The topological polar surface area (TPSA) is 95.6 Å². The molecule has 3 amide bonds. The molecular formula is C20H27ClF3N3O4S. The number of urea groups is 1. The largest absolute Gasteiger partial charge is 0.406 e. The molecule has 0 saturated carbocycles. The third kappa shape index (κ3) is 6.50. The third-order valence-corrected chi connectivity index (χ3v) is 6.98. The molecule has 1 heterocycles. The zero-order valence-corrected chi connectivity index (χ0v) is 19.8. The predicted molar refractivity (Wildman–Crippen MR) is 116 cm³/mol. The standard InChI is InChI=1S/C20H27ClF3N3O4S/c1-11(2)14-8-13(21)9-15(12(3)4)17(14)25-19(29)26-32(30,31)16-6-5-7-27(18(16)28)10-20(22,23)24/h8-9,11-12,16H,5-7,10H2,1-4H3,(H2,25,26,29). The maximum absolute atomic E-state index is 12.7. The second kappa shape index (κ2) is 9.86. The van der Waals surface area contributed by atoms with Gasteiger partial charge in [0.2, 0.25) is 15.9 Å². The van der Waals surface area contributed by atoms with E-state index in [1.807, 2.05) is 27.7 Å². The number of rotatable bonds is 6. The van der Waals surface area contributed by atoms with Crippen LogP contribution in [-0.4, -0.2) is 49.8 Å². The SMILES string of the molecule is CC(C)c1cc(Cl)cc(C(C)C)c1NC(=O)NS(=O)(=O)C1CCCN(CC(F)(F)F)C1=O. The normalized spacial score (nSPS) is 17.8. The van der Waals surface area contributed by atoms with Gasteiger partial charge in [-0.2, -0.15) is 13.2 Å². The zero-order chi connectivity index (χ0) is 24.4. The van der Waals surface area contributed by atoms with Crippen LogP contribution in [0.3, 0.4) is 0 Å². The first-order chi connectivity index (χ1) is 14.6. The highest BCUT2D eigenvalue weighted by Gasteiger charge is 2.43. The number of benzene rings is 1. The molecule has 1 saturated heterocycles. The highest BCUT2D eigenvalue weighted by molar-refractivity contribution is 7.91. The van der Waals surface area contributed by atoms with E-state index in [1.165, 1.54) is 0 Å². The first-order valence-corrected chi connectivity index (χ1v) is 12.1. The summed E-state index contributed by atoms with van der Waals surface area (Å²) < 4.78 is 65.2. The van der Waals surface area contributed by atoms with E-state index in [0.29, 0.717) is 26.7 Å². The summed E-state index contributed by atoms with van der Waals surface area (Å²) in [5, 5.41) is 1.23. The highest BCUT2D eigenvalue weighted by Crippen LogP contribution is 2.35. The van der Waals surface area contributed by atoms with E-state index in [-0.39, 0.29) is 31.2 Å². The quantitative estimate of drug-likeness (QED) is 0.600. The van der Waals surface area contributed by atoms with Gasteiger partial charge in [0.25, 0.3) is 0 Å². The van der Waals surface area contributed by atoms with E-state index < -0.39 is 39.9 Å². The summed E-state index contributed by atoms with van der Waals surface area (Å²) in [4.78, 5) is 25.4. The maximum Gasteiger partial charge on any atom is 0.406 e. The average Bonchev–Trinajstić information content (AvgIpc) is 2.62. The molecule has 0 aliphatic carbocycles. The molecule has 32 heavy (non-hydrogen) atoms. The van der Waals surface area contributed by atoms with Gasteiger partial charge in [0.15, 0.2) is 5.25 Å². The van der Waals surface area contributed by atoms with E-state index in [1.54, 1.807) is 16.9 Å². The van der Waals surface area contributed by atoms with Crippen molar-refractivity contribution in [1.82, 2.24) is 9.62 Å². The average molecular weight is 498 g/mol. The number of hydrogen-bond acceptors (Lipinski definition) is 4. The predicted octanol–water partition coefficient (Wildman–Crippen LogP) is 4.59. The van der Waals surface area contributed by atoms with Gasteiger partial charge in [-0.1, -0.05) is 39.3 Å². The molecule has 0 radical (unpaired) electrons. The first kappa shape index (κ1) is 26.2. The minimum Gasteiger partial charge on any atom is -0.332 e. The van der Waals surface area contributed by atoms with Crippen molar-refractivity contribution in [1.29, 1.82) is 0 Å². The fourth-order valence-corrected chi connectivity index (χ4v) is 5.19. The summed E-state index contributed by atoms with van der Waals surface area (Å²) in [6, 6.07) is 2.24. The van der Waals surface area contributed by atoms with E-state index >= 15 is 0 Å². The molecule has 1 aliphatic heterocycles. The summed E-state index contributed by atoms with van der Waals surface area (Å²) in [7, 11) is -4.56. The van der Waals surface area contributed by atoms with Crippen molar-refractivity contribution >= 4 is 39.2 Å². The molecule has 1 aromatic rings. The van der Waals surface area contributed by atoms with E-state index in [9.17, 15) is 31.2 Å². The number of anilines is 1. The van der Waals surface area contributed by atoms with Crippen LogP contribution in [0.4, 0.5) is 23.7 Å². The molecule has 1 unspecified atom stereocenters. The van der Waals surface area contributed by atoms with Gasteiger partial charge in [0.1, 0.15) is 6.54 Å². The molecule has 2 rings (SSSR count). The Hall–Kier alpha value is -2.01. The number of carbonyl (C=O) groups excluding carboxylic acids is 2. The van der Waals surface area contributed by atoms with Crippen molar-refractivity contribution in [2.75, 3.05) is 18.4 Å². The summed E-state index contributed by atoms with van der Waals surface area (Å²) >= 11 is 6.18. The van der Waals surface area contributed by atoms with Crippen LogP contribution in [0.15, 0.2) is 12.1 Å². The van der Waals surface area contributed by atoms with Crippen molar-refractivity contribution in [3.63, 3.8) is 0 Å². The summed E-state index contributed by atoms with van der Waals surface area (Å²) in [6.07, 6.45) is -4.76. The third-order valence-electron chi connectivity index (χ3n) is 5.11. The molecule has 7 nitrogen and oxygen atoms in total. The Morgan fingerprint density at radius 1 is 1.19 bits per heavy atom. The number of nitrogens with zero attached hydrogens (tertiary/aromatic N) is 1. The lowest BCUT2D eigenvalue weighted by molar-refractivity contribution is -0.163. The van der Waals surface area contributed by atoms with Crippen molar-refractivity contribution in [2.24, 2.45) is 0 Å². The molecule has 180 valence electrons. The smallest absolute Gasteiger partial charge is 0.332 e. The Morgan fingerprint density at radius 3 is 2.19 bits per heavy atom.